The zero-order valence-corrected chi connectivity index (χ0v) is 15.4. The van der Waals surface area contributed by atoms with E-state index in [1.54, 1.807) is 0 Å². The summed E-state index contributed by atoms with van der Waals surface area (Å²) in [7, 11) is 2.19. The van der Waals surface area contributed by atoms with Gasteiger partial charge >= 0.3 is 0 Å². The summed E-state index contributed by atoms with van der Waals surface area (Å²) in [4.78, 5) is 13.9. The summed E-state index contributed by atoms with van der Waals surface area (Å²) < 4.78 is 0. The van der Waals surface area contributed by atoms with Crippen molar-refractivity contribution in [3.05, 3.63) is 41.1 Å². The second-order valence-corrected chi connectivity index (χ2v) is 8.08. The maximum atomic E-state index is 4.59. The molecule has 6 heteroatoms. The summed E-state index contributed by atoms with van der Waals surface area (Å²) in [6.07, 6.45) is 11.3. The summed E-state index contributed by atoms with van der Waals surface area (Å²) in [5.74, 6) is 2.69. The number of aryl methyl sites for hydroxylation is 2. The Morgan fingerprint density at radius 1 is 1.08 bits per heavy atom. The van der Waals surface area contributed by atoms with Crippen molar-refractivity contribution >= 4 is 5.82 Å². The maximum Gasteiger partial charge on any atom is 0.151 e. The molecule has 0 spiro atoms. The summed E-state index contributed by atoms with van der Waals surface area (Å²) in [5, 5.41) is 8.84. The summed E-state index contributed by atoms with van der Waals surface area (Å²) in [6, 6.07) is 2.80. The van der Waals surface area contributed by atoms with Crippen LogP contribution in [0.4, 0.5) is 5.82 Å². The molecule has 1 saturated carbocycles. The lowest BCUT2D eigenvalue weighted by Crippen LogP contribution is -2.58. The van der Waals surface area contributed by atoms with E-state index in [9.17, 15) is 0 Å². The van der Waals surface area contributed by atoms with E-state index in [4.69, 9.17) is 0 Å². The number of hydrogen-bond acceptors (Lipinski definition) is 6. The molecule has 0 bridgehead atoms. The first-order valence-electron chi connectivity index (χ1n) is 9.88. The van der Waals surface area contributed by atoms with Gasteiger partial charge in [0.1, 0.15) is 5.82 Å². The first kappa shape index (κ1) is 16.1. The van der Waals surface area contributed by atoms with E-state index in [2.05, 4.69) is 43.1 Å². The Hall–Kier alpha value is -2.08. The fourth-order valence-electron chi connectivity index (χ4n) is 4.13. The van der Waals surface area contributed by atoms with Crippen molar-refractivity contribution in [2.24, 2.45) is 0 Å². The van der Waals surface area contributed by atoms with E-state index in [1.165, 1.54) is 42.5 Å². The summed E-state index contributed by atoms with van der Waals surface area (Å²) in [6.45, 7) is 2.94. The van der Waals surface area contributed by atoms with Crippen LogP contribution in [0.15, 0.2) is 18.5 Å². The fraction of sp³-hybridized carbons (Fsp3) is 0.600. The lowest BCUT2D eigenvalue weighted by molar-refractivity contribution is 0.196. The molecule has 5 rings (SSSR count). The van der Waals surface area contributed by atoms with Gasteiger partial charge in [0.2, 0.25) is 0 Å². The third-order valence-electron chi connectivity index (χ3n) is 6.24. The van der Waals surface area contributed by atoms with E-state index in [0.717, 1.165) is 44.1 Å². The van der Waals surface area contributed by atoms with Gasteiger partial charge in [-0.05, 0) is 50.8 Å². The molecule has 1 aliphatic heterocycles. The average Bonchev–Trinajstić information content (AvgIpc) is 3.01. The van der Waals surface area contributed by atoms with Crippen LogP contribution in [0, 0.1) is 0 Å². The molecule has 0 amide bonds. The summed E-state index contributed by atoms with van der Waals surface area (Å²) in [5.41, 5.74) is 3.80. The molecule has 6 nitrogen and oxygen atoms in total. The zero-order chi connectivity index (χ0) is 17.5. The number of likely N-dealkylation sites (N-methyl/N-ethyl adjacent to an activating group) is 1. The van der Waals surface area contributed by atoms with Crippen molar-refractivity contribution in [1.29, 1.82) is 0 Å². The molecule has 0 atom stereocenters. The highest BCUT2D eigenvalue weighted by atomic mass is 15.4. The topological polar surface area (TPSA) is 58.0 Å². The van der Waals surface area contributed by atoms with Crippen molar-refractivity contribution in [2.45, 2.75) is 57.0 Å². The number of rotatable bonds is 5. The van der Waals surface area contributed by atoms with E-state index in [0.29, 0.717) is 12.0 Å². The number of nitrogens with zero attached hydrogens (tertiary/aromatic N) is 6. The largest absolute Gasteiger partial charge is 0.352 e. The van der Waals surface area contributed by atoms with E-state index in [-0.39, 0.29) is 0 Å². The average molecular weight is 350 g/mol. The van der Waals surface area contributed by atoms with Crippen LogP contribution in [0.5, 0.6) is 0 Å². The van der Waals surface area contributed by atoms with Gasteiger partial charge in [0, 0.05) is 49.6 Å². The second-order valence-electron chi connectivity index (χ2n) is 8.08. The molecule has 2 aromatic heterocycles. The van der Waals surface area contributed by atoms with Crippen molar-refractivity contribution < 1.29 is 0 Å². The van der Waals surface area contributed by atoms with Gasteiger partial charge in [-0.1, -0.05) is 6.42 Å². The Bertz CT molecular complexity index is 779. The van der Waals surface area contributed by atoms with Crippen LogP contribution in [0.25, 0.3) is 0 Å². The van der Waals surface area contributed by atoms with Gasteiger partial charge in [0.15, 0.2) is 5.82 Å². The highest BCUT2D eigenvalue weighted by molar-refractivity contribution is 5.45. The maximum absolute atomic E-state index is 4.59. The Balaban J connectivity index is 1.16. The monoisotopic (exact) mass is 350 g/mol. The van der Waals surface area contributed by atoms with Crippen LogP contribution in [0.1, 0.15) is 54.2 Å². The van der Waals surface area contributed by atoms with Crippen LogP contribution < -0.4 is 4.90 Å². The van der Waals surface area contributed by atoms with Gasteiger partial charge in [-0.2, -0.15) is 5.10 Å². The second kappa shape index (κ2) is 6.58. The lowest BCUT2D eigenvalue weighted by atomic mass is 9.85. The first-order valence-corrected chi connectivity index (χ1v) is 9.88. The minimum absolute atomic E-state index is 0.552. The highest BCUT2D eigenvalue weighted by Crippen LogP contribution is 2.34. The lowest BCUT2D eigenvalue weighted by Gasteiger charge is -2.44. The van der Waals surface area contributed by atoms with Crippen LogP contribution in [-0.4, -0.2) is 51.2 Å². The molecular weight excluding hydrogens is 324 g/mol. The number of fused-ring (bicyclic) bond motifs is 1. The smallest absolute Gasteiger partial charge is 0.151 e. The molecule has 0 N–H and O–H groups in total. The van der Waals surface area contributed by atoms with E-state index < -0.39 is 0 Å². The molecule has 26 heavy (non-hydrogen) atoms. The first-order chi connectivity index (χ1) is 12.8. The Morgan fingerprint density at radius 3 is 2.62 bits per heavy atom. The molecule has 3 heterocycles. The van der Waals surface area contributed by atoms with Gasteiger partial charge < -0.3 is 4.90 Å². The Labute approximate surface area is 154 Å². The SMILES string of the molecule is CN(Cc1cnc(C2CCC2)nc1)C1CN(c2cc3c(nn2)CCC3)C1. The van der Waals surface area contributed by atoms with Gasteiger partial charge in [-0.15, -0.1) is 5.10 Å². The predicted molar refractivity (Wildman–Crippen MR) is 100 cm³/mol. The molecule has 2 aliphatic carbocycles. The van der Waals surface area contributed by atoms with Gasteiger partial charge in [-0.3, -0.25) is 4.90 Å². The third kappa shape index (κ3) is 2.96. The van der Waals surface area contributed by atoms with Crippen molar-refractivity contribution in [2.75, 3.05) is 25.0 Å². The Morgan fingerprint density at radius 2 is 1.88 bits per heavy atom. The molecule has 1 saturated heterocycles. The number of aromatic nitrogens is 4. The number of anilines is 1. The Kier molecular flexibility index (Phi) is 4.08. The molecule has 2 aromatic rings. The van der Waals surface area contributed by atoms with Crippen LogP contribution in [-0.2, 0) is 19.4 Å². The minimum atomic E-state index is 0.552. The van der Waals surface area contributed by atoms with Crippen molar-refractivity contribution in [1.82, 2.24) is 25.1 Å². The zero-order valence-electron chi connectivity index (χ0n) is 15.4. The third-order valence-corrected chi connectivity index (χ3v) is 6.24. The highest BCUT2D eigenvalue weighted by Gasteiger charge is 2.32. The molecule has 0 aromatic carbocycles. The van der Waals surface area contributed by atoms with Crippen LogP contribution >= 0.6 is 0 Å². The standard InChI is InChI=1S/C20H26N6/c1-25(11-14-9-21-20(22-10-14)15-4-2-5-15)17-12-26(13-17)19-8-16-6-3-7-18(16)23-24-19/h8-10,15,17H,2-7,11-13H2,1H3. The van der Waals surface area contributed by atoms with Crippen molar-refractivity contribution in [3.63, 3.8) is 0 Å². The predicted octanol–water partition coefficient (Wildman–Crippen LogP) is 2.34. The van der Waals surface area contributed by atoms with Gasteiger partial charge in [0.25, 0.3) is 0 Å². The van der Waals surface area contributed by atoms with E-state index >= 15 is 0 Å². The van der Waals surface area contributed by atoms with Crippen molar-refractivity contribution in [3.8, 4) is 0 Å². The normalized spacial score (nSPS) is 20.2. The van der Waals surface area contributed by atoms with E-state index in [1.807, 2.05) is 12.4 Å². The molecule has 0 unspecified atom stereocenters. The summed E-state index contributed by atoms with van der Waals surface area (Å²) >= 11 is 0. The minimum Gasteiger partial charge on any atom is -0.352 e. The molecule has 3 aliphatic rings. The van der Waals surface area contributed by atoms with Crippen LogP contribution in [0.3, 0.4) is 0 Å². The van der Waals surface area contributed by atoms with Gasteiger partial charge in [0.05, 0.1) is 5.69 Å². The molecule has 136 valence electrons. The van der Waals surface area contributed by atoms with Crippen LogP contribution in [0.2, 0.25) is 0 Å². The number of hydrogen-bond donors (Lipinski definition) is 0. The molecule has 2 fully saturated rings. The fourth-order valence-corrected chi connectivity index (χ4v) is 4.13. The molecular formula is C20H26N6. The quantitative estimate of drug-likeness (QED) is 0.825. The van der Waals surface area contributed by atoms with Gasteiger partial charge in [-0.25, -0.2) is 9.97 Å². The molecule has 0 radical (unpaired) electrons.